The molecule has 1 saturated heterocycles. The standard InChI is InChI=1S/C23H36N4O4/c1-14(2)12-16(20(28)26-19(21(29)24-6)23(3,4)5)18-22(30)27(31)17(25-18)13-15-10-8-7-9-11-15/h7-11,14,16-19,25,31H,12-13H2,1-6H3,(H,24,29)(H,26,28)/t16-,17?,18+,19-/m1/s1. The Hall–Kier alpha value is -2.45. The maximum atomic E-state index is 13.3. The summed E-state index contributed by atoms with van der Waals surface area (Å²) < 4.78 is 0. The van der Waals surface area contributed by atoms with Crippen LogP contribution in [0.3, 0.4) is 0 Å². The highest BCUT2D eigenvalue weighted by Gasteiger charge is 2.46. The second-order valence-electron chi connectivity index (χ2n) is 9.69. The third kappa shape index (κ3) is 6.27. The Morgan fingerprint density at radius 1 is 1.16 bits per heavy atom. The topological polar surface area (TPSA) is 111 Å². The summed E-state index contributed by atoms with van der Waals surface area (Å²) in [5.41, 5.74) is 0.453. The van der Waals surface area contributed by atoms with Gasteiger partial charge in [-0.05, 0) is 23.3 Å². The molecule has 3 amide bonds. The molecule has 4 atom stereocenters. The molecule has 1 aliphatic heterocycles. The zero-order valence-corrected chi connectivity index (χ0v) is 19.3. The number of benzene rings is 1. The van der Waals surface area contributed by atoms with Gasteiger partial charge in [0.1, 0.15) is 18.2 Å². The maximum Gasteiger partial charge on any atom is 0.265 e. The van der Waals surface area contributed by atoms with Crippen molar-refractivity contribution in [1.29, 1.82) is 0 Å². The van der Waals surface area contributed by atoms with Crippen LogP contribution < -0.4 is 16.0 Å². The first kappa shape index (κ1) is 24.8. The Balaban J connectivity index is 2.23. The third-order valence-electron chi connectivity index (χ3n) is 5.56. The van der Waals surface area contributed by atoms with E-state index in [9.17, 15) is 19.6 Å². The van der Waals surface area contributed by atoms with Gasteiger partial charge in [0, 0.05) is 13.5 Å². The van der Waals surface area contributed by atoms with Gasteiger partial charge >= 0.3 is 0 Å². The molecule has 0 radical (unpaired) electrons. The number of carbonyl (C=O) groups excluding carboxylic acids is 3. The highest BCUT2D eigenvalue weighted by Crippen LogP contribution is 2.26. The monoisotopic (exact) mass is 432 g/mol. The van der Waals surface area contributed by atoms with Gasteiger partial charge in [0.15, 0.2) is 0 Å². The van der Waals surface area contributed by atoms with Crippen molar-refractivity contribution in [3.05, 3.63) is 35.9 Å². The molecule has 0 saturated carbocycles. The van der Waals surface area contributed by atoms with Crippen LogP contribution in [0.1, 0.15) is 46.6 Å². The number of rotatable bonds is 8. The van der Waals surface area contributed by atoms with Gasteiger partial charge in [-0.25, -0.2) is 5.06 Å². The molecule has 4 N–H and O–H groups in total. The molecule has 1 heterocycles. The fourth-order valence-corrected chi connectivity index (χ4v) is 3.89. The number of likely N-dealkylation sites (N-methyl/N-ethyl adjacent to an activating group) is 1. The van der Waals surface area contributed by atoms with Gasteiger partial charge < -0.3 is 10.6 Å². The number of hydrogen-bond donors (Lipinski definition) is 4. The van der Waals surface area contributed by atoms with Crippen LogP contribution in [0, 0.1) is 17.3 Å². The lowest BCUT2D eigenvalue weighted by Crippen LogP contribution is -2.56. The summed E-state index contributed by atoms with van der Waals surface area (Å²) in [6, 6.07) is 7.91. The quantitative estimate of drug-likeness (QED) is 0.467. The molecule has 0 spiro atoms. The summed E-state index contributed by atoms with van der Waals surface area (Å²) in [4.78, 5) is 38.5. The zero-order valence-electron chi connectivity index (χ0n) is 19.3. The van der Waals surface area contributed by atoms with Gasteiger partial charge in [-0.2, -0.15) is 0 Å². The molecule has 8 nitrogen and oxygen atoms in total. The molecular weight excluding hydrogens is 396 g/mol. The molecule has 172 valence electrons. The minimum atomic E-state index is -0.869. The van der Waals surface area contributed by atoms with Gasteiger partial charge in [0.2, 0.25) is 11.8 Å². The first-order valence-electron chi connectivity index (χ1n) is 10.8. The maximum absolute atomic E-state index is 13.3. The van der Waals surface area contributed by atoms with Crippen molar-refractivity contribution >= 4 is 17.7 Å². The summed E-state index contributed by atoms with van der Waals surface area (Å²) in [5, 5.41) is 19.7. The minimum Gasteiger partial charge on any atom is -0.357 e. The highest BCUT2D eigenvalue weighted by atomic mass is 16.5. The van der Waals surface area contributed by atoms with E-state index in [1.54, 1.807) is 0 Å². The molecular formula is C23H36N4O4. The molecule has 8 heteroatoms. The van der Waals surface area contributed by atoms with E-state index < -0.39 is 35.5 Å². The first-order chi connectivity index (χ1) is 14.5. The van der Waals surface area contributed by atoms with Crippen molar-refractivity contribution in [3.8, 4) is 0 Å². The summed E-state index contributed by atoms with van der Waals surface area (Å²) in [6.45, 7) is 9.55. The SMILES string of the molecule is CNC(=O)[C@@H](NC(=O)[C@H](CC(C)C)[C@@H]1NC(Cc2ccccc2)N(O)C1=O)C(C)(C)C. The lowest BCUT2D eigenvalue weighted by Gasteiger charge is -2.32. The molecule has 2 rings (SSSR count). The summed E-state index contributed by atoms with van der Waals surface area (Å²) in [7, 11) is 1.53. The molecule has 1 fully saturated rings. The fraction of sp³-hybridized carbons (Fsp3) is 0.609. The van der Waals surface area contributed by atoms with E-state index >= 15 is 0 Å². The van der Waals surface area contributed by atoms with Crippen molar-refractivity contribution in [2.45, 2.75) is 65.7 Å². The van der Waals surface area contributed by atoms with Crippen LogP contribution in [0.25, 0.3) is 0 Å². The molecule has 0 aromatic heterocycles. The molecule has 0 aliphatic carbocycles. The third-order valence-corrected chi connectivity index (χ3v) is 5.56. The lowest BCUT2D eigenvalue weighted by molar-refractivity contribution is -0.167. The second-order valence-corrected chi connectivity index (χ2v) is 9.69. The van der Waals surface area contributed by atoms with Gasteiger partial charge in [0.25, 0.3) is 5.91 Å². The van der Waals surface area contributed by atoms with Gasteiger partial charge in [-0.1, -0.05) is 65.0 Å². The van der Waals surface area contributed by atoms with Crippen molar-refractivity contribution < 1.29 is 19.6 Å². The predicted molar refractivity (Wildman–Crippen MR) is 118 cm³/mol. The predicted octanol–water partition coefficient (Wildman–Crippen LogP) is 1.68. The summed E-state index contributed by atoms with van der Waals surface area (Å²) >= 11 is 0. The smallest absolute Gasteiger partial charge is 0.265 e. The second kappa shape index (κ2) is 10.2. The Morgan fingerprint density at radius 2 is 1.77 bits per heavy atom. The van der Waals surface area contributed by atoms with Crippen LogP contribution >= 0.6 is 0 Å². The van der Waals surface area contributed by atoms with E-state index in [2.05, 4.69) is 16.0 Å². The average Bonchev–Trinajstić information content (AvgIpc) is 2.97. The Bertz CT molecular complexity index is 776. The Morgan fingerprint density at radius 3 is 2.29 bits per heavy atom. The number of hydrogen-bond acceptors (Lipinski definition) is 5. The molecule has 1 unspecified atom stereocenters. The van der Waals surface area contributed by atoms with Crippen molar-refractivity contribution in [2.24, 2.45) is 17.3 Å². The fourth-order valence-electron chi connectivity index (χ4n) is 3.89. The Labute approximate surface area is 184 Å². The molecule has 31 heavy (non-hydrogen) atoms. The number of carbonyl (C=O) groups is 3. The number of nitrogens with one attached hydrogen (secondary N) is 3. The molecule has 1 aliphatic rings. The van der Waals surface area contributed by atoms with Crippen LogP contribution in [-0.2, 0) is 20.8 Å². The van der Waals surface area contributed by atoms with Gasteiger partial charge in [-0.3, -0.25) is 24.9 Å². The summed E-state index contributed by atoms with van der Waals surface area (Å²) in [5.74, 6) is -1.79. The zero-order chi connectivity index (χ0) is 23.3. The van der Waals surface area contributed by atoms with Crippen LogP contribution in [0.15, 0.2) is 30.3 Å². The van der Waals surface area contributed by atoms with Gasteiger partial charge in [0.05, 0.1) is 5.92 Å². The largest absolute Gasteiger partial charge is 0.357 e. The summed E-state index contributed by atoms with van der Waals surface area (Å²) in [6.07, 6.45) is 0.226. The molecule has 1 aromatic carbocycles. The van der Waals surface area contributed by atoms with E-state index in [4.69, 9.17) is 0 Å². The Kier molecular flexibility index (Phi) is 8.20. The van der Waals surface area contributed by atoms with Crippen LogP contribution in [0.4, 0.5) is 0 Å². The molecule has 0 bridgehead atoms. The van der Waals surface area contributed by atoms with E-state index in [0.29, 0.717) is 17.9 Å². The lowest BCUT2D eigenvalue weighted by atomic mass is 9.84. The van der Waals surface area contributed by atoms with Crippen molar-refractivity contribution in [1.82, 2.24) is 21.0 Å². The number of amides is 3. The number of hydroxylamine groups is 2. The van der Waals surface area contributed by atoms with Crippen LogP contribution in [0.2, 0.25) is 0 Å². The van der Waals surface area contributed by atoms with Crippen LogP contribution in [-0.4, -0.2) is 53.3 Å². The molecule has 1 aromatic rings. The van der Waals surface area contributed by atoms with E-state index in [1.807, 2.05) is 65.0 Å². The van der Waals surface area contributed by atoms with E-state index in [0.717, 1.165) is 5.56 Å². The average molecular weight is 433 g/mol. The van der Waals surface area contributed by atoms with E-state index in [1.165, 1.54) is 7.05 Å². The van der Waals surface area contributed by atoms with Crippen molar-refractivity contribution in [2.75, 3.05) is 7.05 Å². The number of nitrogens with zero attached hydrogens (tertiary/aromatic N) is 1. The minimum absolute atomic E-state index is 0.138. The normalized spacial score (nSPS) is 21.2. The first-order valence-corrected chi connectivity index (χ1v) is 10.8. The highest BCUT2D eigenvalue weighted by molar-refractivity contribution is 5.93. The van der Waals surface area contributed by atoms with Crippen LogP contribution in [0.5, 0.6) is 0 Å². The van der Waals surface area contributed by atoms with Crippen molar-refractivity contribution in [3.63, 3.8) is 0 Å². The van der Waals surface area contributed by atoms with Gasteiger partial charge in [-0.15, -0.1) is 0 Å². The van der Waals surface area contributed by atoms with E-state index in [-0.39, 0.29) is 17.7 Å².